The van der Waals surface area contributed by atoms with Crippen molar-refractivity contribution in [2.24, 2.45) is 0 Å². The molecule has 0 aliphatic rings. The number of aromatic amines is 4. The summed E-state index contributed by atoms with van der Waals surface area (Å²) in [4.78, 5) is 79.5. The number of carbonyl (C=O) groups is 6. The molecule has 0 atom stereocenters. The predicted molar refractivity (Wildman–Crippen MR) is 330 cm³/mol. The molecular formula is C60H57Cl9N4O10. The smallest absolute Gasteiger partial charge is 0.354 e. The number of carbonyl (C=O) groups excluding carboxylic acids is 6. The number of rotatable bonds is 19. The fraction of sp³-hybridized carbons (Fsp3) is 0.233. The minimum Gasteiger partial charge on any atom is -0.461 e. The molecule has 83 heavy (non-hydrogen) atoms. The SMILES string of the molecule is CCOC(=O)c1cc(C(=O)Cc2cc(Cl)cc(Cl)c2)c[nH]1.CCOC(=O)c1cc(CCc2cc(Cl)cc(Cl)c2)c[nH]1.CCOC(=O)c1cc(CCc2cc(Cl)cc(Cl)c2)c[nH]1.CCOC(=O)c1ccc[nH]1.O=C(Cl)Cc1cc(Cl)cc(Cl)c1. The quantitative estimate of drug-likeness (QED) is 0.0261. The zero-order valence-electron chi connectivity index (χ0n) is 45.2. The van der Waals surface area contributed by atoms with Gasteiger partial charge in [-0.2, -0.15) is 0 Å². The van der Waals surface area contributed by atoms with E-state index < -0.39 is 11.2 Å². The van der Waals surface area contributed by atoms with Gasteiger partial charge >= 0.3 is 23.9 Å². The zero-order valence-corrected chi connectivity index (χ0v) is 52.0. The van der Waals surface area contributed by atoms with Crippen LogP contribution >= 0.6 is 104 Å². The first-order chi connectivity index (χ1) is 39.6. The molecule has 0 amide bonds. The Morgan fingerprint density at radius 3 is 1.01 bits per heavy atom. The van der Waals surface area contributed by atoms with Crippen LogP contribution in [0.3, 0.4) is 0 Å². The molecule has 0 radical (unpaired) electrons. The van der Waals surface area contributed by atoms with E-state index >= 15 is 0 Å². The zero-order chi connectivity index (χ0) is 61.0. The molecular weight excluding hydrogens is 1260 g/mol. The minimum atomic E-state index is -0.484. The molecule has 0 unspecified atom stereocenters. The van der Waals surface area contributed by atoms with Gasteiger partial charge in [-0.15, -0.1) is 0 Å². The maximum atomic E-state index is 12.2. The van der Waals surface area contributed by atoms with E-state index in [1.165, 1.54) is 12.3 Å². The Bertz CT molecular complexity index is 3220. The molecule has 4 heterocycles. The molecule has 440 valence electrons. The van der Waals surface area contributed by atoms with Gasteiger partial charge in [0.15, 0.2) is 5.78 Å². The highest BCUT2D eigenvalue weighted by Gasteiger charge is 2.16. The largest absolute Gasteiger partial charge is 0.461 e. The highest BCUT2D eigenvalue weighted by Crippen LogP contribution is 2.24. The Morgan fingerprint density at radius 1 is 0.361 bits per heavy atom. The molecule has 0 fully saturated rings. The lowest BCUT2D eigenvalue weighted by Gasteiger charge is -2.02. The molecule has 14 nitrogen and oxygen atoms in total. The Kier molecular flexibility index (Phi) is 30.5. The highest BCUT2D eigenvalue weighted by atomic mass is 35.5. The highest BCUT2D eigenvalue weighted by molar-refractivity contribution is 6.63. The third kappa shape index (κ3) is 26.1. The first kappa shape index (κ1) is 69.3. The molecule has 4 aromatic carbocycles. The van der Waals surface area contributed by atoms with Crippen molar-refractivity contribution in [2.45, 2.75) is 66.2 Å². The summed E-state index contributed by atoms with van der Waals surface area (Å²) >= 11 is 52.2. The average molecular weight is 1310 g/mol. The Labute approximate surface area is 525 Å². The van der Waals surface area contributed by atoms with Gasteiger partial charge in [-0.3, -0.25) is 9.59 Å². The van der Waals surface area contributed by atoms with Crippen molar-refractivity contribution >= 4 is 139 Å². The molecule has 4 aromatic heterocycles. The van der Waals surface area contributed by atoms with Gasteiger partial charge in [0.2, 0.25) is 5.24 Å². The molecule has 0 spiro atoms. The number of benzene rings is 4. The van der Waals surface area contributed by atoms with Crippen LogP contribution in [0.1, 0.15) is 113 Å². The van der Waals surface area contributed by atoms with E-state index in [0.29, 0.717) is 82.6 Å². The van der Waals surface area contributed by atoms with Crippen molar-refractivity contribution in [3.63, 3.8) is 0 Å². The van der Waals surface area contributed by atoms with Gasteiger partial charge in [0.1, 0.15) is 22.8 Å². The minimum absolute atomic E-state index is 0.139. The number of nitrogens with one attached hydrogen (secondary N) is 4. The lowest BCUT2D eigenvalue weighted by atomic mass is 10.1. The summed E-state index contributed by atoms with van der Waals surface area (Å²) in [5.74, 6) is -1.58. The second-order valence-corrected chi connectivity index (χ2v) is 21.3. The van der Waals surface area contributed by atoms with Gasteiger partial charge in [0, 0.05) is 83.4 Å². The van der Waals surface area contributed by atoms with Crippen LogP contribution in [0, 0.1) is 0 Å². The normalized spacial score (nSPS) is 10.3. The van der Waals surface area contributed by atoms with Crippen molar-refractivity contribution in [2.75, 3.05) is 26.4 Å². The third-order valence-corrected chi connectivity index (χ3v) is 12.8. The molecule has 8 aromatic rings. The van der Waals surface area contributed by atoms with E-state index in [0.717, 1.165) is 59.1 Å². The van der Waals surface area contributed by atoms with Gasteiger partial charge in [0.25, 0.3) is 0 Å². The first-order valence-electron chi connectivity index (χ1n) is 25.4. The van der Waals surface area contributed by atoms with Crippen molar-refractivity contribution in [1.29, 1.82) is 0 Å². The standard InChI is InChI=1S/C15H13Cl2NO3.2C15H15Cl2NO2.C8H5Cl3O.C7H9NO2/c1-2-21-15(20)13-6-10(8-18-13)14(19)5-9-3-11(16)7-12(17)4-9;2*1-2-20-15(19)14-7-11(9-18-14)4-3-10-5-12(16)8-13(17)6-10;9-6-1-5(3-8(11)12)2-7(10)4-6;1-2-10-7(9)6-4-3-5-8-6/h3-4,6-8,18H,2,5H2,1H3;2*5-9,18H,2-4H2,1H3;1-2,4H,3H2;3-5,8H,2H2,1H3. The summed E-state index contributed by atoms with van der Waals surface area (Å²) in [6.45, 7) is 8.49. The number of Topliss-reactive ketones (excluding diaryl/α,β-unsaturated/α-hetero) is 1. The van der Waals surface area contributed by atoms with Crippen molar-refractivity contribution < 1.29 is 47.7 Å². The summed E-state index contributed by atoms with van der Waals surface area (Å²) in [5, 5.41) is 4.09. The van der Waals surface area contributed by atoms with Crippen LogP contribution in [0.4, 0.5) is 0 Å². The summed E-state index contributed by atoms with van der Waals surface area (Å²) < 4.78 is 19.4. The van der Waals surface area contributed by atoms with Crippen LogP contribution in [0.25, 0.3) is 0 Å². The molecule has 8 rings (SSSR count). The van der Waals surface area contributed by atoms with Crippen molar-refractivity contribution in [3.8, 4) is 0 Å². The monoisotopic (exact) mass is 1310 g/mol. The maximum absolute atomic E-state index is 12.2. The lowest BCUT2D eigenvalue weighted by Crippen LogP contribution is -2.05. The van der Waals surface area contributed by atoms with Crippen LogP contribution in [0.2, 0.25) is 40.2 Å². The van der Waals surface area contributed by atoms with Crippen LogP contribution in [0.15, 0.2) is 128 Å². The molecule has 0 saturated carbocycles. The van der Waals surface area contributed by atoms with Crippen LogP contribution in [0.5, 0.6) is 0 Å². The van der Waals surface area contributed by atoms with Crippen LogP contribution in [-0.2, 0) is 62.3 Å². The maximum Gasteiger partial charge on any atom is 0.354 e. The van der Waals surface area contributed by atoms with E-state index in [4.69, 9.17) is 123 Å². The van der Waals surface area contributed by atoms with Gasteiger partial charge in [0.05, 0.1) is 26.4 Å². The van der Waals surface area contributed by atoms with Crippen molar-refractivity contribution in [3.05, 3.63) is 230 Å². The second kappa shape index (κ2) is 36.5. The van der Waals surface area contributed by atoms with Crippen molar-refractivity contribution in [1.82, 2.24) is 19.9 Å². The first-order valence-corrected chi connectivity index (χ1v) is 28.8. The summed E-state index contributed by atoms with van der Waals surface area (Å²) in [6, 6.07) is 29.4. The van der Waals surface area contributed by atoms with Gasteiger partial charge in [-0.1, -0.05) is 92.8 Å². The fourth-order valence-corrected chi connectivity index (χ4v) is 9.77. The Hall–Kier alpha value is -6.17. The molecule has 0 saturated heterocycles. The molecule has 4 N–H and O–H groups in total. The molecule has 23 heteroatoms. The summed E-state index contributed by atoms with van der Waals surface area (Å²) in [5.41, 5.74) is 7.80. The molecule has 0 aliphatic carbocycles. The number of ether oxygens (including phenoxy) is 4. The molecule has 0 aliphatic heterocycles. The number of esters is 4. The number of ketones is 1. The number of hydrogen-bond donors (Lipinski definition) is 4. The predicted octanol–water partition coefficient (Wildman–Crippen LogP) is 17.0. The van der Waals surface area contributed by atoms with E-state index in [2.05, 4.69) is 19.9 Å². The van der Waals surface area contributed by atoms with Gasteiger partial charge in [-0.05, 0) is 201 Å². The van der Waals surface area contributed by atoms with E-state index in [1.54, 1.807) is 94.6 Å². The summed E-state index contributed by atoms with van der Waals surface area (Å²) in [6.07, 6.45) is 10.3. The number of aryl methyl sites for hydroxylation is 4. The Morgan fingerprint density at radius 2 is 0.675 bits per heavy atom. The number of aromatic nitrogens is 4. The lowest BCUT2D eigenvalue weighted by molar-refractivity contribution is -0.111. The Balaban J connectivity index is 0.000000228. The summed E-state index contributed by atoms with van der Waals surface area (Å²) in [7, 11) is 0. The molecule has 0 bridgehead atoms. The number of H-pyrrole nitrogens is 4. The van der Waals surface area contributed by atoms with Crippen LogP contribution in [-0.4, -0.2) is 81.3 Å². The van der Waals surface area contributed by atoms with E-state index in [-0.39, 0.29) is 48.8 Å². The van der Waals surface area contributed by atoms with E-state index in [9.17, 15) is 28.8 Å². The van der Waals surface area contributed by atoms with Gasteiger partial charge in [-0.25, -0.2) is 19.2 Å². The number of hydrogen-bond acceptors (Lipinski definition) is 10. The topological polar surface area (TPSA) is 202 Å². The third-order valence-electron chi connectivity index (χ3n) is 10.9. The van der Waals surface area contributed by atoms with Crippen LogP contribution < -0.4 is 0 Å². The fourth-order valence-electron chi connectivity index (χ4n) is 7.33. The average Bonchev–Trinajstić information content (AvgIpc) is 4.45. The second-order valence-electron chi connectivity index (χ2n) is 17.4. The van der Waals surface area contributed by atoms with E-state index in [1.807, 2.05) is 48.8 Å². The van der Waals surface area contributed by atoms with Gasteiger partial charge < -0.3 is 38.9 Å². The number of halogens is 9.